The van der Waals surface area contributed by atoms with Gasteiger partial charge < -0.3 is 0 Å². The molecule has 0 saturated heterocycles. The molecule has 2 atom stereocenters. The fraction of sp³-hybridized carbons (Fsp3) is 0.900. The predicted octanol–water partition coefficient (Wildman–Crippen LogP) is 6.05. The van der Waals surface area contributed by atoms with E-state index in [1.165, 1.54) is 12.8 Å². The third kappa shape index (κ3) is 15.7. The van der Waals surface area contributed by atoms with Crippen LogP contribution >= 0.6 is 0 Å². The van der Waals surface area contributed by atoms with Crippen molar-refractivity contribution in [1.29, 1.82) is 0 Å². The third-order valence-electron chi connectivity index (χ3n) is 3.55. The minimum Gasteiger partial charge on any atom is -0.296 e. The molecule has 2 nitrogen and oxygen atoms in total. The molecule has 0 amide bonds. The Bertz CT molecular complexity index is 295. The molecule has 0 unspecified atom stereocenters. The second-order valence-corrected chi connectivity index (χ2v) is 9.39. The van der Waals surface area contributed by atoms with E-state index in [1.54, 1.807) is 0 Å². The fourth-order valence-electron chi connectivity index (χ4n) is 3.06. The van der Waals surface area contributed by atoms with Crippen molar-refractivity contribution in [2.75, 3.05) is 13.1 Å². The highest BCUT2D eigenvalue weighted by Crippen LogP contribution is 2.26. The molecule has 0 aromatic rings. The summed E-state index contributed by atoms with van der Waals surface area (Å²) >= 11 is 0. The Hall–Kier alpha value is -0.660. The van der Waals surface area contributed by atoms with Gasteiger partial charge in [-0.15, -0.1) is 0 Å². The van der Waals surface area contributed by atoms with E-state index in [0.29, 0.717) is 22.7 Å². The average molecular weight is 309 g/mol. The maximum absolute atomic E-state index is 4.48. The van der Waals surface area contributed by atoms with Crippen LogP contribution in [0.15, 0.2) is 9.98 Å². The van der Waals surface area contributed by atoms with Crippen LogP contribution in [-0.4, -0.2) is 25.5 Å². The maximum Gasteiger partial charge on any atom is 0.0581 e. The Morgan fingerprint density at radius 1 is 0.682 bits per heavy atom. The summed E-state index contributed by atoms with van der Waals surface area (Å²) in [6.07, 6.45) is 8.86. The van der Waals surface area contributed by atoms with Gasteiger partial charge in [0.05, 0.1) is 13.1 Å². The first-order valence-corrected chi connectivity index (χ1v) is 8.96. The van der Waals surface area contributed by atoms with Crippen LogP contribution in [0.5, 0.6) is 0 Å². The second-order valence-electron chi connectivity index (χ2n) is 9.39. The lowest BCUT2D eigenvalue weighted by Crippen LogP contribution is -2.11. The fourth-order valence-corrected chi connectivity index (χ4v) is 3.06. The van der Waals surface area contributed by atoms with E-state index in [-0.39, 0.29) is 0 Å². The van der Waals surface area contributed by atoms with Crippen molar-refractivity contribution in [1.82, 2.24) is 0 Å². The lowest BCUT2D eigenvalue weighted by atomic mass is 9.84. The average Bonchev–Trinajstić information content (AvgIpc) is 2.27. The molecule has 0 saturated carbocycles. The topological polar surface area (TPSA) is 24.7 Å². The summed E-state index contributed by atoms with van der Waals surface area (Å²) in [5.74, 6) is 1.43. The van der Waals surface area contributed by atoms with Gasteiger partial charge in [0.25, 0.3) is 0 Å². The van der Waals surface area contributed by atoms with Crippen LogP contribution in [0.4, 0.5) is 0 Å². The Labute approximate surface area is 139 Å². The number of rotatable bonds is 9. The minimum atomic E-state index is 0.418. The molecule has 2 heteroatoms. The monoisotopic (exact) mass is 308 g/mol. The number of hydrogen-bond acceptors (Lipinski definition) is 2. The molecule has 0 aromatic heterocycles. The van der Waals surface area contributed by atoms with Crippen molar-refractivity contribution in [2.45, 2.75) is 81.1 Å². The maximum atomic E-state index is 4.48. The van der Waals surface area contributed by atoms with Gasteiger partial charge in [0.1, 0.15) is 0 Å². The molecule has 0 aliphatic heterocycles. The zero-order valence-electron chi connectivity index (χ0n) is 16.4. The molecule has 0 fully saturated rings. The molecule has 0 N–H and O–H groups in total. The Morgan fingerprint density at radius 3 is 1.27 bits per heavy atom. The standard InChI is InChI=1S/C20H40N2/c1-17(15-19(3,4)5)9-11-21-13-14-22-12-10-18(2)16-20(6,7)8/h11-12,17-18H,9-10,13-16H2,1-8H3/t17-,18+. The summed E-state index contributed by atoms with van der Waals surface area (Å²) in [5, 5.41) is 0. The molecule has 0 aliphatic carbocycles. The van der Waals surface area contributed by atoms with E-state index < -0.39 is 0 Å². The first kappa shape index (κ1) is 21.3. The number of aliphatic imine (C=N–C) groups is 2. The Morgan fingerprint density at radius 2 is 1.00 bits per heavy atom. The third-order valence-corrected chi connectivity index (χ3v) is 3.55. The molecule has 0 bridgehead atoms. The van der Waals surface area contributed by atoms with Crippen molar-refractivity contribution in [3.8, 4) is 0 Å². The van der Waals surface area contributed by atoms with E-state index in [4.69, 9.17) is 0 Å². The molecule has 0 radical (unpaired) electrons. The van der Waals surface area contributed by atoms with Gasteiger partial charge >= 0.3 is 0 Å². The molecule has 0 aromatic carbocycles. The molecule has 0 heterocycles. The predicted molar refractivity (Wildman–Crippen MR) is 102 cm³/mol. The van der Waals surface area contributed by atoms with Crippen LogP contribution in [0, 0.1) is 22.7 Å². The summed E-state index contributed by atoms with van der Waals surface area (Å²) in [4.78, 5) is 8.96. The summed E-state index contributed by atoms with van der Waals surface area (Å²) in [6.45, 7) is 20.1. The van der Waals surface area contributed by atoms with Gasteiger partial charge in [-0.1, -0.05) is 55.4 Å². The minimum absolute atomic E-state index is 0.418. The summed E-state index contributed by atoms with van der Waals surface area (Å²) in [7, 11) is 0. The van der Waals surface area contributed by atoms with Gasteiger partial charge in [0.2, 0.25) is 0 Å². The molecular weight excluding hydrogens is 268 g/mol. The van der Waals surface area contributed by atoms with Crippen molar-refractivity contribution in [3.63, 3.8) is 0 Å². The van der Waals surface area contributed by atoms with Crippen LogP contribution < -0.4 is 0 Å². The van der Waals surface area contributed by atoms with Crippen LogP contribution in [0.25, 0.3) is 0 Å². The highest BCUT2D eigenvalue weighted by atomic mass is 14.8. The number of hydrogen-bond donors (Lipinski definition) is 0. The van der Waals surface area contributed by atoms with E-state index in [1.807, 2.05) is 0 Å². The van der Waals surface area contributed by atoms with Crippen LogP contribution in [0.2, 0.25) is 0 Å². The van der Waals surface area contributed by atoms with Crippen LogP contribution in [-0.2, 0) is 0 Å². The van der Waals surface area contributed by atoms with Crippen molar-refractivity contribution >= 4 is 12.4 Å². The van der Waals surface area contributed by atoms with E-state index >= 15 is 0 Å². The molecular formula is C20H40N2. The highest BCUT2D eigenvalue weighted by molar-refractivity contribution is 5.58. The Balaban J connectivity index is 3.71. The van der Waals surface area contributed by atoms with Gasteiger partial charge in [-0.05, 0) is 60.8 Å². The summed E-state index contributed by atoms with van der Waals surface area (Å²) in [5.41, 5.74) is 0.836. The van der Waals surface area contributed by atoms with Crippen LogP contribution in [0.1, 0.15) is 81.1 Å². The largest absolute Gasteiger partial charge is 0.296 e. The highest BCUT2D eigenvalue weighted by Gasteiger charge is 2.14. The van der Waals surface area contributed by atoms with Gasteiger partial charge in [-0.3, -0.25) is 9.98 Å². The quantitative estimate of drug-likeness (QED) is 0.366. The molecule has 0 aliphatic rings. The van der Waals surface area contributed by atoms with Crippen molar-refractivity contribution < 1.29 is 0 Å². The SMILES string of the molecule is C[C@H](CC=NCCN=CC[C@H](C)CC(C)(C)C)CC(C)(C)C. The van der Waals surface area contributed by atoms with E-state index in [0.717, 1.165) is 25.9 Å². The second kappa shape index (κ2) is 10.2. The first-order valence-electron chi connectivity index (χ1n) is 8.96. The van der Waals surface area contributed by atoms with Crippen molar-refractivity contribution in [3.05, 3.63) is 0 Å². The zero-order chi connectivity index (χ0) is 17.2. The van der Waals surface area contributed by atoms with Crippen LogP contribution in [0.3, 0.4) is 0 Å². The van der Waals surface area contributed by atoms with E-state index in [2.05, 4.69) is 77.8 Å². The van der Waals surface area contributed by atoms with Gasteiger partial charge in [-0.25, -0.2) is 0 Å². The summed E-state index contributed by atoms with van der Waals surface area (Å²) in [6, 6.07) is 0. The van der Waals surface area contributed by atoms with Crippen molar-refractivity contribution in [2.24, 2.45) is 32.7 Å². The van der Waals surface area contributed by atoms with E-state index in [9.17, 15) is 0 Å². The number of nitrogens with zero attached hydrogens (tertiary/aromatic N) is 2. The lowest BCUT2D eigenvalue weighted by molar-refractivity contribution is 0.312. The van der Waals surface area contributed by atoms with Gasteiger partial charge in [-0.2, -0.15) is 0 Å². The summed E-state index contributed by atoms with van der Waals surface area (Å²) < 4.78 is 0. The van der Waals surface area contributed by atoms with Gasteiger partial charge in [0, 0.05) is 0 Å². The lowest BCUT2D eigenvalue weighted by Gasteiger charge is -2.22. The zero-order valence-corrected chi connectivity index (χ0v) is 16.4. The Kier molecular flexibility index (Phi) is 9.87. The smallest absolute Gasteiger partial charge is 0.0581 e. The first-order chi connectivity index (χ1) is 9.99. The molecule has 0 spiro atoms. The molecule has 130 valence electrons. The molecule has 22 heavy (non-hydrogen) atoms. The molecule has 0 rings (SSSR count). The normalized spacial score (nSPS) is 16.5. The van der Waals surface area contributed by atoms with Gasteiger partial charge in [0.15, 0.2) is 0 Å².